The summed E-state index contributed by atoms with van der Waals surface area (Å²) in [5.74, 6) is -119. The molecule has 0 aromatic rings. The molecule has 0 aromatic heterocycles. The molecular weight excluding hydrogens is 877 g/mol. The standard InChI is InChI=1S/C18H8F29NO4S/c1-2-48(3-4(49)50)53(51,52)18(46,47)16(41,42)14(37,38)12(33,34)10(29,30)8(25,26)6(21,22)5(19,20)7(23,24)9(27,28)11(31,32)13(35,36)15(39,40)17(43,44)45/h2-3H2,1H3,(H,49,50). The number of nitrogens with zero attached hydrogens (tertiary/aromatic N) is 1. The van der Waals surface area contributed by atoms with Crippen LogP contribution in [0.5, 0.6) is 0 Å². The molecule has 0 amide bonds. The van der Waals surface area contributed by atoms with Gasteiger partial charge in [-0.05, 0) is 0 Å². The summed E-state index contributed by atoms with van der Waals surface area (Å²) in [7, 11) is -8.04. The van der Waals surface area contributed by atoms with E-state index in [1.807, 2.05) is 0 Å². The van der Waals surface area contributed by atoms with Crippen LogP contribution in [0.1, 0.15) is 6.92 Å². The molecule has 0 rings (SSSR count). The Morgan fingerprint density at radius 2 is 0.604 bits per heavy atom. The van der Waals surface area contributed by atoms with Crippen molar-refractivity contribution >= 4 is 16.0 Å². The molecule has 0 aliphatic carbocycles. The summed E-state index contributed by atoms with van der Waals surface area (Å²) in [5.41, 5.74) is 0. The third-order valence-corrected chi connectivity index (χ3v) is 8.36. The highest BCUT2D eigenvalue weighted by Gasteiger charge is 3.01. The first kappa shape index (κ1) is 50.4. The van der Waals surface area contributed by atoms with Gasteiger partial charge in [-0.25, -0.2) is 8.42 Å². The summed E-state index contributed by atoms with van der Waals surface area (Å²) in [5, 5.41) is 0.0915. The largest absolute Gasteiger partial charge is 0.480 e. The molecule has 0 atom stereocenters. The van der Waals surface area contributed by atoms with Crippen LogP contribution >= 0.6 is 0 Å². The van der Waals surface area contributed by atoms with Crippen molar-refractivity contribution in [1.82, 2.24) is 4.31 Å². The highest BCUT2D eigenvalue weighted by molar-refractivity contribution is 7.90. The zero-order valence-corrected chi connectivity index (χ0v) is 24.2. The molecule has 0 heterocycles. The van der Waals surface area contributed by atoms with Crippen molar-refractivity contribution in [3.05, 3.63) is 0 Å². The van der Waals surface area contributed by atoms with Crippen molar-refractivity contribution in [2.45, 2.75) is 89.4 Å². The summed E-state index contributed by atoms with van der Waals surface area (Å²) in [6.07, 6.45) is -8.35. The van der Waals surface area contributed by atoms with Gasteiger partial charge in [0.05, 0.1) is 0 Å². The molecule has 35 heteroatoms. The van der Waals surface area contributed by atoms with E-state index in [0.29, 0.717) is 0 Å². The summed E-state index contributed by atoms with van der Waals surface area (Å²) < 4.78 is 415. The second-order valence-electron chi connectivity index (χ2n) is 9.73. The lowest BCUT2D eigenvalue weighted by molar-refractivity contribution is -0.486. The Hall–Kier alpha value is -2.65. The number of hydrogen-bond acceptors (Lipinski definition) is 3. The van der Waals surface area contributed by atoms with Crippen LogP contribution in [0.3, 0.4) is 0 Å². The van der Waals surface area contributed by atoms with Crippen LogP contribution in [0.25, 0.3) is 0 Å². The first-order chi connectivity index (χ1) is 22.4. The molecule has 0 aliphatic heterocycles. The fourth-order valence-electron chi connectivity index (χ4n) is 3.17. The number of sulfonamides is 1. The number of aliphatic carboxylic acids is 1. The minimum Gasteiger partial charge on any atom is -0.480 e. The third kappa shape index (κ3) is 6.04. The Balaban J connectivity index is 7.72. The zero-order chi connectivity index (χ0) is 44.1. The van der Waals surface area contributed by atoms with Gasteiger partial charge in [0.2, 0.25) is 0 Å². The Kier molecular flexibility index (Phi) is 12.1. The van der Waals surface area contributed by atoms with Gasteiger partial charge in [0.25, 0.3) is 10.0 Å². The quantitative estimate of drug-likeness (QED) is 0.149. The maximum Gasteiger partial charge on any atom is 0.460 e. The van der Waals surface area contributed by atoms with Crippen molar-refractivity contribution < 1.29 is 146 Å². The normalized spacial score (nSPS) is 16.7. The number of hydrogen-bond donors (Lipinski definition) is 1. The van der Waals surface area contributed by atoms with E-state index in [1.165, 1.54) is 0 Å². The van der Waals surface area contributed by atoms with Crippen molar-refractivity contribution in [3.8, 4) is 0 Å². The van der Waals surface area contributed by atoms with Crippen molar-refractivity contribution in [2.75, 3.05) is 13.1 Å². The molecule has 0 saturated heterocycles. The average molecular weight is 885 g/mol. The number of carbonyl (C=O) groups is 1. The van der Waals surface area contributed by atoms with Gasteiger partial charge in [0.1, 0.15) is 6.54 Å². The van der Waals surface area contributed by atoms with E-state index in [9.17, 15) is 141 Å². The smallest absolute Gasteiger partial charge is 0.460 e. The Labute approximate surface area is 269 Å². The van der Waals surface area contributed by atoms with E-state index in [2.05, 4.69) is 0 Å². The topological polar surface area (TPSA) is 74.7 Å². The minimum absolute atomic E-state index is 0.136. The molecule has 0 bridgehead atoms. The molecule has 0 saturated carbocycles. The Morgan fingerprint density at radius 1 is 0.415 bits per heavy atom. The van der Waals surface area contributed by atoms with E-state index in [-0.39, 0.29) is 6.92 Å². The molecule has 0 aliphatic rings. The summed E-state index contributed by atoms with van der Waals surface area (Å²) in [6, 6.07) is 0. The van der Waals surface area contributed by atoms with Gasteiger partial charge in [0, 0.05) is 6.54 Å². The van der Waals surface area contributed by atoms with Gasteiger partial charge < -0.3 is 5.11 Å². The van der Waals surface area contributed by atoms with Crippen LogP contribution in [-0.2, 0) is 14.8 Å². The first-order valence-electron chi connectivity index (χ1n) is 11.6. The maximum absolute atomic E-state index is 14.1. The van der Waals surface area contributed by atoms with Crippen LogP contribution in [0.2, 0.25) is 0 Å². The third-order valence-electron chi connectivity index (χ3n) is 6.39. The molecule has 5 nitrogen and oxygen atoms in total. The van der Waals surface area contributed by atoms with Crippen LogP contribution in [0.15, 0.2) is 0 Å². The second-order valence-corrected chi connectivity index (χ2v) is 11.7. The van der Waals surface area contributed by atoms with E-state index in [1.54, 1.807) is 0 Å². The predicted octanol–water partition coefficient (Wildman–Crippen LogP) is 8.50. The molecule has 0 radical (unpaired) electrons. The monoisotopic (exact) mass is 885 g/mol. The number of carboxylic acids is 1. The van der Waals surface area contributed by atoms with Crippen LogP contribution < -0.4 is 0 Å². The average Bonchev–Trinajstić information content (AvgIpc) is 2.93. The number of carboxylic acid groups (broad SMARTS) is 1. The number of halogens is 29. The minimum atomic E-state index is -10.1. The Morgan fingerprint density at radius 3 is 0.774 bits per heavy atom. The number of rotatable bonds is 17. The zero-order valence-electron chi connectivity index (χ0n) is 23.4. The number of alkyl halides is 29. The van der Waals surface area contributed by atoms with Gasteiger partial charge in [0.15, 0.2) is 0 Å². The second kappa shape index (κ2) is 12.7. The van der Waals surface area contributed by atoms with Gasteiger partial charge in [-0.3, -0.25) is 4.79 Å². The summed E-state index contributed by atoms with van der Waals surface area (Å²) in [6.45, 7) is -4.36. The Bertz CT molecular complexity index is 1480. The fourth-order valence-corrected chi connectivity index (χ4v) is 4.57. The molecule has 0 aromatic carbocycles. The van der Waals surface area contributed by atoms with E-state index >= 15 is 0 Å². The fraction of sp³-hybridized carbons (Fsp3) is 0.944. The molecule has 0 fully saturated rings. The predicted molar refractivity (Wildman–Crippen MR) is 104 cm³/mol. The summed E-state index contributed by atoms with van der Waals surface area (Å²) in [4.78, 5) is 10.5. The SMILES string of the molecule is CCN(CC(=O)O)S(=O)(=O)C(F)(F)C(F)(F)C(F)(F)C(F)(F)C(F)(F)C(F)(F)C(F)(F)C(F)(F)C(F)(F)C(F)(F)C(F)(F)C(F)(F)C(F)(F)C(F)(F)F. The summed E-state index contributed by atoms with van der Waals surface area (Å²) >= 11 is 0. The van der Waals surface area contributed by atoms with Crippen LogP contribution in [0, 0.1) is 0 Å². The molecule has 318 valence electrons. The lowest BCUT2D eigenvalue weighted by Gasteiger charge is -2.46. The maximum atomic E-state index is 14.1. The van der Waals surface area contributed by atoms with Gasteiger partial charge >= 0.3 is 88.5 Å². The van der Waals surface area contributed by atoms with Crippen molar-refractivity contribution in [1.29, 1.82) is 0 Å². The molecular formula is C18H8F29NO4S. The van der Waals surface area contributed by atoms with Gasteiger partial charge in [-0.15, -0.1) is 0 Å². The van der Waals surface area contributed by atoms with Crippen molar-refractivity contribution in [3.63, 3.8) is 0 Å². The highest BCUT2D eigenvalue weighted by Crippen LogP contribution is 2.69. The lowest BCUT2D eigenvalue weighted by Crippen LogP contribution is -2.79. The van der Waals surface area contributed by atoms with E-state index in [0.717, 1.165) is 0 Å². The van der Waals surface area contributed by atoms with Gasteiger partial charge in [-0.2, -0.15) is 132 Å². The number of likely N-dealkylation sites (N-methyl/N-ethyl adjacent to an activating group) is 1. The first-order valence-corrected chi connectivity index (χ1v) is 13.0. The van der Waals surface area contributed by atoms with Crippen LogP contribution in [-0.4, -0.2) is 119 Å². The molecule has 0 unspecified atom stereocenters. The molecule has 1 N–H and O–H groups in total. The molecule has 0 spiro atoms. The van der Waals surface area contributed by atoms with Crippen LogP contribution in [0.4, 0.5) is 127 Å². The van der Waals surface area contributed by atoms with E-state index in [4.69, 9.17) is 5.11 Å². The molecule has 53 heavy (non-hydrogen) atoms. The lowest BCUT2D eigenvalue weighted by atomic mass is 9.84. The van der Waals surface area contributed by atoms with Gasteiger partial charge in [-0.1, -0.05) is 6.92 Å². The van der Waals surface area contributed by atoms with Crippen molar-refractivity contribution in [2.24, 2.45) is 0 Å². The highest BCUT2D eigenvalue weighted by atomic mass is 32.2. The van der Waals surface area contributed by atoms with E-state index < -0.39 is 116 Å².